The third-order valence-corrected chi connectivity index (χ3v) is 6.08. The Kier molecular flexibility index (Phi) is 6.22. The number of aryl methyl sites for hydroxylation is 2. The van der Waals surface area contributed by atoms with Crippen LogP contribution < -0.4 is 10.5 Å². The lowest BCUT2D eigenvalue weighted by Gasteiger charge is -2.09. The van der Waals surface area contributed by atoms with Gasteiger partial charge in [0.1, 0.15) is 0 Å². The fourth-order valence-electron chi connectivity index (χ4n) is 1.75. The molecule has 130 valence electrons. The molecule has 1 aliphatic rings. The van der Waals surface area contributed by atoms with Crippen molar-refractivity contribution in [2.45, 2.75) is 31.9 Å². The fourth-order valence-corrected chi connectivity index (χ4v) is 3.87. The molecular formula is C15H18Br2N4O2S. The normalized spacial score (nSPS) is 13.8. The minimum atomic E-state index is -3.19. The van der Waals surface area contributed by atoms with Crippen LogP contribution in [0.4, 0.5) is 11.4 Å². The van der Waals surface area contributed by atoms with Gasteiger partial charge in [0.25, 0.3) is 0 Å². The zero-order chi connectivity index (χ0) is 17.9. The Labute approximate surface area is 158 Å². The molecule has 0 radical (unpaired) electrons. The Bertz CT molecular complexity index is 839. The van der Waals surface area contributed by atoms with Crippen molar-refractivity contribution in [3.63, 3.8) is 0 Å². The number of nitrogens with zero attached hydrogens (tertiary/aromatic N) is 2. The first-order valence-electron chi connectivity index (χ1n) is 7.20. The molecule has 1 fully saturated rings. The van der Waals surface area contributed by atoms with Gasteiger partial charge in [0, 0.05) is 21.3 Å². The lowest BCUT2D eigenvalue weighted by atomic mass is 10.3. The summed E-state index contributed by atoms with van der Waals surface area (Å²) >= 11 is 6.51. The second-order valence-corrected chi connectivity index (χ2v) is 9.25. The molecule has 2 heterocycles. The van der Waals surface area contributed by atoms with Gasteiger partial charge in [-0.3, -0.25) is 14.7 Å². The quantitative estimate of drug-likeness (QED) is 0.700. The van der Waals surface area contributed by atoms with Crippen molar-refractivity contribution >= 4 is 53.3 Å². The van der Waals surface area contributed by atoms with E-state index in [1.165, 1.54) is 0 Å². The maximum absolute atomic E-state index is 11.7. The summed E-state index contributed by atoms with van der Waals surface area (Å²) in [7, 11) is -3.19. The number of hydrogen-bond donors (Lipinski definition) is 2. The molecule has 2 aromatic heterocycles. The van der Waals surface area contributed by atoms with E-state index in [1.807, 2.05) is 13.0 Å². The van der Waals surface area contributed by atoms with Gasteiger partial charge in [0.05, 0.1) is 28.0 Å². The number of rotatable bonds is 3. The van der Waals surface area contributed by atoms with Crippen molar-refractivity contribution in [1.82, 2.24) is 9.97 Å². The molecule has 24 heavy (non-hydrogen) atoms. The van der Waals surface area contributed by atoms with E-state index in [-0.39, 0.29) is 5.25 Å². The highest BCUT2D eigenvalue weighted by Gasteiger charge is 2.35. The van der Waals surface area contributed by atoms with Crippen LogP contribution in [0.25, 0.3) is 0 Å². The summed E-state index contributed by atoms with van der Waals surface area (Å²) in [4.78, 5) is 8.08. The topological polar surface area (TPSA) is 98.0 Å². The second-order valence-electron chi connectivity index (χ2n) is 5.46. The van der Waals surface area contributed by atoms with Crippen LogP contribution in [0.3, 0.4) is 0 Å². The molecule has 0 aromatic carbocycles. The number of halogens is 2. The molecule has 0 aliphatic heterocycles. The summed E-state index contributed by atoms with van der Waals surface area (Å²) < 4.78 is 27.6. The Morgan fingerprint density at radius 2 is 1.62 bits per heavy atom. The van der Waals surface area contributed by atoms with Gasteiger partial charge in [-0.25, -0.2) is 8.42 Å². The van der Waals surface area contributed by atoms with Crippen LogP contribution in [0.1, 0.15) is 24.2 Å². The van der Waals surface area contributed by atoms with E-state index < -0.39 is 10.0 Å². The summed E-state index contributed by atoms with van der Waals surface area (Å²) in [6, 6.07) is 3.56. The van der Waals surface area contributed by atoms with Crippen LogP contribution in [0.15, 0.2) is 33.5 Å². The summed E-state index contributed by atoms with van der Waals surface area (Å²) in [6.07, 6.45) is 4.89. The average Bonchev–Trinajstić information content (AvgIpc) is 3.33. The van der Waals surface area contributed by atoms with Gasteiger partial charge < -0.3 is 5.73 Å². The summed E-state index contributed by atoms with van der Waals surface area (Å²) in [5, 5.41) is -0.212. The monoisotopic (exact) mass is 476 g/mol. The predicted molar refractivity (Wildman–Crippen MR) is 103 cm³/mol. The third kappa shape index (κ3) is 5.42. The van der Waals surface area contributed by atoms with Crippen LogP contribution in [0.2, 0.25) is 0 Å². The third-order valence-electron chi connectivity index (χ3n) is 3.36. The SMILES string of the molecule is Cc1ncc(Br)cc1N.Cc1ncc(Br)cc1NS(=O)(=O)C1CC1. The molecule has 0 saturated heterocycles. The Morgan fingerprint density at radius 1 is 1.08 bits per heavy atom. The number of aromatic nitrogens is 2. The van der Waals surface area contributed by atoms with Gasteiger partial charge >= 0.3 is 0 Å². The number of nitrogens with two attached hydrogens (primary N) is 1. The van der Waals surface area contributed by atoms with Gasteiger partial charge in [-0.15, -0.1) is 0 Å². The van der Waals surface area contributed by atoms with Gasteiger partial charge in [-0.1, -0.05) is 0 Å². The lowest BCUT2D eigenvalue weighted by molar-refractivity contribution is 0.600. The maximum atomic E-state index is 11.7. The Balaban J connectivity index is 0.000000198. The minimum Gasteiger partial charge on any atom is -0.397 e. The highest BCUT2D eigenvalue weighted by molar-refractivity contribution is 9.10. The molecule has 2 aromatic rings. The van der Waals surface area contributed by atoms with E-state index in [9.17, 15) is 8.42 Å². The van der Waals surface area contributed by atoms with Crippen LogP contribution in [-0.4, -0.2) is 23.6 Å². The molecule has 0 atom stereocenters. The second kappa shape index (κ2) is 7.79. The molecule has 1 saturated carbocycles. The van der Waals surface area contributed by atoms with Gasteiger partial charge in [0.15, 0.2) is 0 Å². The Morgan fingerprint density at radius 3 is 2.12 bits per heavy atom. The molecule has 0 amide bonds. The molecule has 0 unspecified atom stereocenters. The molecule has 6 nitrogen and oxygen atoms in total. The van der Waals surface area contributed by atoms with Crippen LogP contribution in [-0.2, 0) is 10.0 Å². The molecule has 0 bridgehead atoms. The number of hydrogen-bond acceptors (Lipinski definition) is 5. The summed E-state index contributed by atoms with van der Waals surface area (Å²) in [5.74, 6) is 0. The lowest BCUT2D eigenvalue weighted by Crippen LogP contribution is -2.18. The highest BCUT2D eigenvalue weighted by atomic mass is 79.9. The summed E-state index contributed by atoms with van der Waals surface area (Å²) in [6.45, 7) is 3.65. The number of pyridine rings is 2. The molecule has 1 aliphatic carbocycles. The highest BCUT2D eigenvalue weighted by Crippen LogP contribution is 2.30. The van der Waals surface area contributed by atoms with E-state index in [2.05, 4.69) is 46.5 Å². The van der Waals surface area contributed by atoms with Crippen LogP contribution in [0.5, 0.6) is 0 Å². The number of anilines is 2. The van der Waals surface area contributed by atoms with Crippen LogP contribution in [0, 0.1) is 13.8 Å². The Hall–Kier alpha value is -1.19. The number of nitrogen functional groups attached to an aromatic ring is 1. The standard InChI is InChI=1S/C9H11BrN2O2S.C6H7BrN2/c1-6-9(4-7(10)5-11-6)12-15(13,14)8-2-3-8;1-4-6(8)2-5(7)3-9-4/h4-5,8,12H,2-3H2,1H3;2-3H,8H2,1H3. The largest absolute Gasteiger partial charge is 0.397 e. The van der Waals surface area contributed by atoms with Crippen molar-refractivity contribution < 1.29 is 8.42 Å². The first-order valence-corrected chi connectivity index (χ1v) is 10.3. The molecule has 3 rings (SSSR count). The molecule has 3 N–H and O–H groups in total. The van der Waals surface area contributed by atoms with Crippen molar-refractivity contribution in [2.75, 3.05) is 10.5 Å². The van der Waals surface area contributed by atoms with E-state index in [4.69, 9.17) is 5.73 Å². The molecular weight excluding hydrogens is 460 g/mol. The number of nitrogens with one attached hydrogen (secondary N) is 1. The smallest absolute Gasteiger partial charge is 0.235 e. The molecule has 0 spiro atoms. The zero-order valence-electron chi connectivity index (χ0n) is 13.3. The van der Waals surface area contributed by atoms with Gasteiger partial charge in [-0.2, -0.15) is 0 Å². The summed E-state index contributed by atoms with van der Waals surface area (Å²) in [5.41, 5.74) is 8.36. The zero-order valence-corrected chi connectivity index (χ0v) is 17.2. The van der Waals surface area contributed by atoms with E-state index in [1.54, 1.807) is 25.4 Å². The number of sulfonamides is 1. The molecule has 9 heteroatoms. The maximum Gasteiger partial charge on any atom is 0.235 e. The van der Waals surface area contributed by atoms with Crippen molar-refractivity contribution in [2.24, 2.45) is 0 Å². The first kappa shape index (κ1) is 19.1. The predicted octanol–water partition coefficient (Wildman–Crippen LogP) is 3.79. The van der Waals surface area contributed by atoms with Crippen LogP contribution >= 0.6 is 31.9 Å². The van der Waals surface area contributed by atoms with Crippen molar-refractivity contribution in [3.05, 3.63) is 44.9 Å². The average molecular weight is 478 g/mol. The van der Waals surface area contributed by atoms with Crippen molar-refractivity contribution in [1.29, 1.82) is 0 Å². The van der Waals surface area contributed by atoms with Gasteiger partial charge in [0.2, 0.25) is 10.0 Å². The van der Waals surface area contributed by atoms with E-state index >= 15 is 0 Å². The van der Waals surface area contributed by atoms with E-state index in [0.717, 1.165) is 33.2 Å². The first-order chi connectivity index (χ1) is 11.2. The minimum absolute atomic E-state index is 0.212. The van der Waals surface area contributed by atoms with Crippen molar-refractivity contribution in [3.8, 4) is 0 Å². The van der Waals surface area contributed by atoms with Gasteiger partial charge in [-0.05, 0) is 70.7 Å². The fraction of sp³-hybridized carbons (Fsp3) is 0.333. The van der Waals surface area contributed by atoms with E-state index in [0.29, 0.717) is 11.4 Å².